The summed E-state index contributed by atoms with van der Waals surface area (Å²) >= 11 is 0. The van der Waals surface area contributed by atoms with Gasteiger partial charge in [-0.2, -0.15) is 0 Å². The number of fused-ring (bicyclic) bond motifs is 1. The van der Waals surface area contributed by atoms with Gasteiger partial charge in [-0.3, -0.25) is 9.59 Å². The minimum atomic E-state index is -0.397. The fraction of sp³-hybridized carbons (Fsp3) is 0.500. The average molecular weight is 358 g/mol. The Hall–Kier alpha value is -2.50. The predicted octanol–water partition coefficient (Wildman–Crippen LogP) is 3.27. The zero-order valence-electron chi connectivity index (χ0n) is 15.7. The Balaban J connectivity index is 1.74. The van der Waals surface area contributed by atoms with E-state index in [2.05, 4.69) is 5.32 Å². The number of benzene rings is 1. The van der Waals surface area contributed by atoms with E-state index in [1.807, 2.05) is 45.0 Å². The van der Waals surface area contributed by atoms with Crippen LogP contribution in [0.15, 0.2) is 28.7 Å². The largest absolute Gasteiger partial charge is 0.493 e. The Morgan fingerprint density at radius 2 is 2.08 bits per heavy atom. The monoisotopic (exact) mass is 358 g/mol. The van der Waals surface area contributed by atoms with Crippen LogP contribution in [0, 0.1) is 5.92 Å². The molecule has 26 heavy (non-hydrogen) atoms. The number of carbonyl (C=O) groups excluding carboxylic acids is 2. The number of para-hydroxylation sites is 1. The van der Waals surface area contributed by atoms with Crippen LogP contribution in [0.4, 0.5) is 0 Å². The molecule has 6 heteroatoms. The van der Waals surface area contributed by atoms with E-state index in [-0.39, 0.29) is 23.8 Å². The lowest BCUT2D eigenvalue weighted by Crippen LogP contribution is -2.47. The molecule has 2 heterocycles. The van der Waals surface area contributed by atoms with Gasteiger partial charge >= 0.3 is 0 Å². The molecule has 1 aromatic heterocycles. The van der Waals surface area contributed by atoms with E-state index in [0.29, 0.717) is 30.1 Å². The Morgan fingerprint density at radius 3 is 2.77 bits per heavy atom. The van der Waals surface area contributed by atoms with Gasteiger partial charge in [-0.1, -0.05) is 26.0 Å². The minimum Gasteiger partial charge on any atom is -0.493 e. The number of likely N-dealkylation sites (tertiary alicyclic amines) is 1. The first-order chi connectivity index (χ1) is 12.4. The van der Waals surface area contributed by atoms with Crippen molar-refractivity contribution in [3.63, 3.8) is 0 Å². The topological polar surface area (TPSA) is 71.8 Å². The second-order valence-corrected chi connectivity index (χ2v) is 7.10. The van der Waals surface area contributed by atoms with Crippen LogP contribution in [0.1, 0.15) is 45.4 Å². The number of nitrogens with one attached hydrogen (secondary N) is 1. The molecule has 2 amide bonds. The maximum atomic E-state index is 12.7. The lowest BCUT2D eigenvalue weighted by molar-refractivity contribution is -0.141. The number of rotatable bonds is 5. The summed E-state index contributed by atoms with van der Waals surface area (Å²) < 4.78 is 11.2. The standard InChI is InChI=1S/C20H26N2O4/c1-12(2)20(24)22-10-6-8-15(22)19(23)21-13(3)17-11-14-7-5-9-16(25-4)18(14)26-17/h5,7,9,11-13,15H,6,8,10H2,1-4H3,(H,21,23). The third-order valence-corrected chi connectivity index (χ3v) is 4.86. The summed E-state index contributed by atoms with van der Waals surface area (Å²) in [6.45, 7) is 6.25. The normalized spacial score (nSPS) is 18.3. The smallest absolute Gasteiger partial charge is 0.243 e. The van der Waals surface area contributed by atoms with Crippen LogP contribution < -0.4 is 10.1 Å². The van der Waals surface area contributed by atoms with Gasteiger partial charge in [0.05, 0.1) is 13.2 Å². The number of methoxy groups -OCH3 is 1. The highest BCUT2D eigenvalue weighted by molar-refractivity contribution is 5.89. The van der Waals surface area contributed by atoms with Crippen LogP contribution in [0.25, 0.3) is 11.0 Å². The molecule has 6 nitrogen and oxygen atoms in total. The molecular weight excluding hydrogens is 332 g/mol. The number of ether oxygens (including phenoxy) is 1. The molecule has 2 unspecified atom stereocenters. The third kappa shape index (κ3) is 3.41. The van der Waals surface area contributed by atoms with Crippen molar-refractivity contribution >= 4 is 22.8 Å². The molecule has 1 aromatic carbocycles. The van der Waals surface area contributed by atoms with Crippen LogP contribution in [0.3, 0.4) is 0 Å². The maximum Gasteiger partial charge on any atom is 0.243 e. The quantitative estimate of drug-likeness (QED) is 0.890. The number of amides is 2. The van der Waals surface area contributed by atoms with Gasteiger partial charge < -0.3 is 19.4 Å². The van der Waals surface area contributed by atoms with Crippen molar-refractivity contribution in [2.75, 3.05) is 13.7 Å². The zero-order chi connectivity index (χ0) is 18.8. The van der Waals surface area contributed by atoms with Crippen molar-refractivity contribution in [3.05, 3.63) is 30.0 Å². The molecule has 140 valence electrons. The van der Waals surface area contributed by atoms with Gasteiger partial charge in [-0.25, -0.2) is 0 Å². The van der Waals surface area contributed by atoms with Gasteiger partial charge in [0.25, 0.3) is 0 Å². The Bertz CT molecular complexity index is 811. The van der Waals surface area contributed by atoms with Gasteiger partial charge in [0.2, 0.25) is 11.8 Å². The van der Waals surface area contributed by atoms with Crippen molar-refractivity contribution in [1.29, 1.82) is 0 Å². The molecule has 1 saturated heterocycles. The van der Waals surface area contributed by atoms with Gasteiger partial charge in [-0.05, 0) is 31.9 Å². The van der Waals surface area contributed by atoms with Crippen LogP contribution in [0.2, 0.25) is 0 Å². The first-order valence-corrected chi connectivity index (χ1v) is 9.09. The van der Waals surface area contributed by atoms with E-state index in [0.717, 1.165) is 11.8 Å². The second kappa shape index (κ2) is 7.40. The summed E-state index contributed by atoms with van der Waals surface area (Å²) in [6.07, 6.45) is 1.55. The van der Waals surface area contributed by atoms with Crippen molar-refractivity contribution < 1.29 is 18.7 Å². The van der Waals surface area contributed by atoms with Gasteiger partial charge in [0.1, 0.15) is 11.8 Å². The van der Waals surface area contributed by atoms with Crippen molar-refractivity contribution in [1.82, 2.24) is 10.2 Å². The van der Waals surface area contributed by atoms with E-state index in [1.165, 1.54) is 0 Å². The van der Waals surface area contributed by atoms with Gasteiger partial charge in [-0.15, -0.1) is 0 Å². The molecule has 0 aliphatic carbocycles. The summed E-state index contributed by atoms with van der Waals surface area (Å²) in [5, 5.41) is 3.92. The van der Waals surface area contributed by atoms with Crippen LogP contribution >= 0.6 is 0 Å². The lowest BCUT2D eigenvalue weighted by Gasteiger charge is -2.26. The molecule has 3 rings (SSSR count). The number of carbonyl (C=O) groups is 2. The molecule has 0 bridgehead atoms. The SMILES string of the molecule is COc1cccc2cc(C(C)NC(=O)C3CCCN3C(=O)C(C)C)oc12. The van der Waals surface area contributed by atoms with E-state index < -0.39 is 6.04 Å². The van der Waals surface area contributed by atoms with Gasteiger partial charge in [0, 0.05) is 17.8 Å². The predicted molar refractivity (Wildman–Crippen MR) is 98.9 cm³/mol. The summed E-state index contributed by atoms with van der Waals surface area (Å²) in [6, 6.07) is 6.90. The molecule has 0 radical (unpaired) electrons. The summed E-state index contributed by atoms with van der Waals surface area (Å²) in [5.74, 6) is 1.12. The first kappa shape index (κ1) is 18.3. The third-order valence-electron chi connectivity index (χ3n) is 4.86. The molecule has 1 fully saturated rings. The summed E-state index contributed by atoms with van der Waals surface area (Å²) in [4.78, 5) is 26.8. The number of nitrogens with zero attached hydrogens (tertiary/aromatic N) is 1. The molecule has 2 atom stereocenters. The number of hydrogen-bond acceptors (Lipinski definition) is 4. The van der Waals surface area contributed by atoms with E-state index in [4.69, 9.17) is 9.15 Å². The van der Waals surface area contributed by atoms with Crippen LogP contribution in [-0.4, -0.2) is 36.4 Å². The Labute approximate surface area is 153 Å². The molecule has 1 aliphatic rings. The lowest BCUT2D eigenvalue weighted by atomic mass is 10.1. The fourth-order valence-corrected chi connectivity index (χ4v) is 3.45. The van der Waals surface area contributed by atoms with Crippen molar-refractivity contribution in [3.8, 4) is 5.75 Å². The summed E-state index contributed by atoms with van der Waals surface area (Å²) in [5.41, 5.74) is 0.670. The van der Waals surface area contributed by atoms with Crippen molar-refractivity contribution in [2.45, 2.75) is 45.7 Å². The van der Waals surface area contributed by atoms with E-state index in [9.17, 15) is 9.59 Å². The first-order valence-electron chi connectivity index (χ1n) is 9.09. The molecule has 0 saturated carbocycles. The average Bonchev–Trinajstić information content (AvgIpc) is 3.27. The molecular formula is C20H26N2O4. The highest BCUT2D eigenvalue weighted by Crippen LogP contribution is 2.31. The zero-order valence-corrected chi connectivity index (χ0v) is 15.7. The second-order valence-electron chi connectivity index (χ2n) is 7.10. The molecule has 0 spiro atoms. The highest BCUT2D eigenvalue weighted by atomic mass is 16.5. The Kier molecular flexibility index (Phi) is 5.20. The van der Waals surface area contributed by atoms with Gasteiger partial charge in [0.15, 0.2) is 11.3 Å². The summed E-state index contributed by atoms with van der Waals surface area (Å²) in [7, 11) is 1.60. The minimum absolute atomic E-state index is 0.0313. The molecule has 1 aliphatic heterocycles. The number of furan rings is 1. The Morgan fingerprint density at radius 1 is 1.31 bits per heavy atom. The van der Waals surface area contributed by atoms with E-state index >= 15 is 0 Å². The van der Waals surface area contributed by atoms with Crippen molar-refractivity contribution in [2.24, 2.45) is 5.92 Å². The number of hydrogen-bond donors (Lipinski definition) is 1. The maximum absolute atomic E-state index is 12.7. The molecule has 2 aromatic rings. The fourth-order valence-electron chi connectivity index (χ4n) is 3.45. The van der Waals surface area contributed by atoms with Crippen LogP contribution in [0.5, 0.6) is 5.75 Å². The van der Waals surface area contributed by atoms with E-state index in [1.54, 1.807) is 12.0 Å². The molecule has 1 N–H and O–H groups in total. The van der Waals surface area contributed by atoms with Crippen LogP contribution in [-0.2, 0) is 9.59 Å². The highest BCUT2D eigenvalue weighted by Gasteiger charge is 2.35.